The van der Waals surface area contributed by atoms with Gasteiger partial charge in [0.15, 0.2) is 0 Å². The Balaban J connectivity index is 1.66. The van der Waals surface area contributed by atoms with E-state index in [0.29, 0.717) is 0 Å². The molecule has 4 rings (SSSR count). The van der Waals surface area contributed by atoms with Crippen LogP contribution in [0.25, 0.3) is 22.0 Å². The van der Waals surface area contributed by atoms with Crippen molar-refractivity contribution in [3.63, 3.8) is 0 Å². The Morgan fingerprint density at radius 3 is 2.75 bits per heavy atom. The van der Waals surface area contributed by atoms with E-state index in [1.807, 2.05) is 37.5 Å². The van der Waals surface area contributed by atoms with Gasteiger partial charge in [-0.15, -0.1) is 0 Å². The summed E-state index contributed by atoms with van der Waals surface area (Å²) in [4.78, 5) is 28.9. The van der Waals surface area contributed by atoms with Gasteiger partial charge in [0.1, 0.15) is 5.69 Å². The molecule has 0 aliphatic rings. The molecule has 0 spiro atoms. The highest BCUT2D eigenvalue weighted by atomic mass is 16.2. The number of pyridine rings is 2. The first-order valence-electron chi connectivity index (χ1n) is 8.83. The van der Waals surface area contributed by atoms with Crippen molar-refractivity contribution in [2.45, 2.75) is 6.42 Å². The topological polar surface area (TPSA) is 81.8 Å². The van der Waals surface area contributed by atoms with E-state index in [4.69, 9.17) is 0 Å². The molecule has 3 aromatic heterocycles. The quantitative estimate of drug-likeness (QED) is 0.596. The molecule has 0 fully saturated rings. The van der Waals surface area contributed by atoms with Gasteiger partial charge in [-0.3, -0.25) is 19.3 Å². The summed E-state index contributed by atoms with van der Waals surface area (Å²) in [6.45, 7) is 0. The summed E-state index contributed by atoms with van der Waals surface area (Å²) < 4.78 is 3.28. The molecule has 0 unspecified atom stereocenters. The normalized spacial score (nSPS) is 10.9. The van der Waals surface area contributed by atoms with Crippen LogP contribution in [0.4, 0.5) is 5.69 Å². The number of aryl methyl sites for hydroxylation is 2. The summed E-state index contributed by atoms with van der Waals surface area (Å²) in [6, 6.07) is 11.3. The van der Waals surface area contributed by atoms with Crippen molar-refractivity contribution in [1.29, 1.82) is 0 Å². The van der Waals surface area contributed by atoms with Gasteiger partial charge in [-0.1, -0.05) is 18.2 Å². The van der Waals surface area contributed by atoms with E-state index in [0.717, 1.165) is 27.6 Å². The molecular formula is C21H19N5O2. The second kappa shape index (κ2) is 7.11. The third-order valence-corrected chi connectivity index (χ3v) is 4.63. The number of aromatic nitrogens is 4. The lowest BCUT2D eigenvalue weighted by molar-refractivity contribution is -0.115. The number of carbonyl (C=O) groups excluding carboxylic acids is 1. The molecule has 0 saturated carbocycles. The van der Waals surface area contributed by atoms with Crippen molar-refractivity contribution in [2.24, 2.45) is 14.1 Å². The Morgan fingerprint density at radius 2 is 1.96 bits per heavy atom. The van der Waals surface area contributed by atoms with Gasteiger partial charge >= 0.3 is 0 Å². The zero-order chi connectivity index (χ0) is 19.7. The summed E-state index contributed by atoms with van der Waals surface area (Å²) in [5.41, 5.74) is 3.54. The predicted molar refractivity (Wildman–Crippen MR) is 108 cm³/mol. The van der Waals surface area contributed by atoms with Crippen LogP contribution >= 0.6 is 0 Å². The Bertz CT molecular complexity index is 1220. The summed E-state index contributed by atoms with van der Waals surface area (Å²) >= 11 is 0. The van der Waals surface area contributed by atoms with Gasteiger partial charge in [0, 0.05) is 43.6 Å². The zero-order valence-electron chi connectivity index (χ0n) is 15.6. The van der Waals surface area contributed by atoms with E-state index in [1.54, 1.807) is 42.5 Å². The summed E-state index contributed by atoms with van der Waals surface area (Å²) in [5, 5.41) is 8.04. The van der Waals surface area contributed by atoms with Crippen molar-refractivity contribution in [1.82, 2.24) is 19.3 Å². The number of rotatable bonds is 4. The first kappa shape index (κ1) is 17.7. The van der Waals surface area contributed by atoms with Crippen LogP contribution in [-0.4, -0.2) is 25.2 Å². The molecule has 140 valence electrons. The Hall–Kier alpha value is -3.74. The van der Waals surface area contributed by atoms with E-state index in [-0.39, 0.29) is 23.6 Å². The van der Waals surface area contributed by atoms with Crippen LogP contribution in [0.5, 0.6) is 0 Å². The minimum absolute atomic E-state index is 0.155. The van der Waals surface area contributed by atoms with E-state index in [2.05, 4.69) is 15.4 Å². The lowest BCUT2D eigenvalue weighted by atomic mass is 10.1. The molecule has 1 aromatic carbocycles. The number of nitrogens with zero attached hydrogens (tertiary/aromatic N) is 4. The smallest absolute Gasteiger partial charge is 0.274 e. The van der Waals surface area contributed by atoms with Crippen molar-refractivity contribution in [2.75, 3.05) is 5.32 Å². The Morgan fingerprint density at radius 1 is 1.11 bits per heavy atom. The van der Waals surface area contributed by atoms with Gasteiger partial charge in [0.2, 0.25) is 5.91 Å². The minimum atomic E-state index is -0.260. The van der Waals surface area contributed by atoms with Crippen molar-refractivity contribution in [3.8, 4) is 11.1 Å². The molecule has 0 radical (unpaired) electrons. The molecule has 0 aliphatic heterocycles. The maximum absolute atomic E-state index is 12.5. The second-order valence-electron chi connectivity index (χ2n) is 6.69. The maximum atomic E-state index is 12.5. The molecule has 0 atom stereocenters. The number of hydrogen-bond donors (Lipinski definition) is 1. The number of fused-ring (bicyclic) bond motifs is 1. The molecule has 0 aliphatic carbocycles. The summed E-state index contributed by atoms with van der Waals surface area (Å²) in [6.07, 6.45) is 7.01. The third-order valence-electron chi connectivity index (χ3n) is 4.63. The number of amides is 1. The summed E-state index contributed by atoms with van der Waals surface area (Å²) in [5.74, 6) is -0.260. The van der Waals surface area contributed by atoms with Crippen molar-refractivity contribution in [3.05, 3.63) is 77.1 Å². The number of benzene rings is 1. The molecule has 4 aromatic rings. The first-order chi connectivity index (χ1) is 13.5. The van der Waals surface area contributed by atoms with Gasteiger partial charge in [0.25, 0.3) is 5.56 Å². The highest BCUT2D eigenvalue weighted by molar-refractivity contribution is 5.93. The van der Waals surface area contributed by atoms with Gasteiger partial charge in [-0.2, -0.15) is 5.10 Å². The number of anilines is 1. The Kier molecular flexibility index (Phi) is 4.49. The van der Waals surface area contributed by atoms with Crippen molar-refractivity contribution < 1.29 is 4.79 Å². The number of carbonyl (C=O) groups is 1. The number of nitrogens with one attached hydrogen (secondary N) is 1. The maximum Gasteiger partial charge on any atom is 0.274 e. The van der Waals surface area contributed by atoms with Crippen LogP contribution in [0.3, 0.4) is 0 Å². The highest BCUT2D eigenvalue weighted by Gasteiger charge is 2.11. The molecule has 28 heavy (non-hydrogen) atoms. The zero-order valence-corrected chi connectivity index (χ0v) is 15.6. The molecule has 0 saturated heterocycles. The second-order valence-corrected chi connectivity index (χ2v) is 6.69. The lowest BCUT2D eigenvalue weighted by Gasteiger charge is -2.10. The monoisotopic (exact) mass is 373 g/mol. The fraction of sp³-hybridized carbons (Fsp3) is 0.143. The Labute approximate surface area is 161 Å². The SMILES string of the molecule is Cn1cc(-c2ccc3cnn(C)c3c2)cc(NC(=O)Cc2cccnc2)c1=O. The van der Waals surface area contributed by atoms with E-state index >= 15 is 0 Å². The van der Waals surface area contributed by atoms with Gasteiger partial charge in [-0.05, 0) is 29.3 Å². The van der Waals surface area contributed by atoms with Gasteiger partial charge in [-0.25, -0.2) is 0 Å². The molecule has 1 amide bonds. The predicted octanol–water partition coefficient (Wildman–Crippen LogP) is 2.52. The molecule has 0 bridgehead atoms. The first-order valence-corrected chi connectivity index (χ1v) is 8.83. The largest absolute Gasteiger partial charge is 0.321 e. The fourth-order valence-electron chi connectivity index (χ4n) is 3.17. The molecular weight excluding hydrogens is 354 g/mol. The lowest BCUT2D eigenvalue weighted by Crippen LogP contribution is -2.25. The van der Waals surface area contributed by atoms with Crippen molar-refractivity contribution >= 4 is 22.5 Å². The summed E-state index contributed by atoms with van der Waals surface area (Å²) in [7, 11) is 3.56. The van der Waals surface area contributed by atoms with Crippen LogP contribution in [-0.2, 0) is 25.3 Å². The van der Waals surface area contributed by atoms with Crippen LogP contribution in [0.15, 0.2) is 66.0 Å². The van der Waals surface area contributed by atoms with E-state index in [1.165, 1.54) is 4.57 Å². The third kappa shape index (κ3) is 3.42. The molecule has 3 heterocycles. The van der Waals surface area contributed by atoms with Crippen LogP contribution in [0, 0.1) is 0 Å². The van der Waals surface area contributed by atoms with Gasteiger partial charge in [0.05, 0.1) is 18.1 Å². The number of hydrogen-bond acceptors (Lipinski definition) is 4. The van der Waals surface area contributed by atoms with Gasteiger partial charge < -0.3 is 9.88 Å². The van der Waals surface area contributed by atoms with Crippen LogP contribution in [0.2, 0.25) is 0 Å². The van der Waals surface area contributed by atoms with Crippen LogP contribution in [0.1, 0.15) is 5.56 Å². The average Bonchev–Trinajstić information content (AvgIpc) is 3.06. The highest BCUT2D eigenvalue weighted by Crippen LogP contribution is 2.25. The molecule has 7 heteroatoms. The van der Waals surface area contributed by atoms with E-state index in [9.17, 15) is 9.59 Å². The minimum Gasteiger partial charge on any atom is -0.321 e. The standard InChI is InChI=1S/C21H19N5O2/c1-25-13-17(15-5-6-16-12-23-26(2)19(16)10-15)9-18(21(25)28)24-20(27)8-14-4-3-7-22-11-14/h3-7,9-13H,8H2,1-2H3,(H,24,27). The van der Waals surface area contributed by atoms with Crippen LogP contribution < -0.4 is 10.9 Å². The van der Waals surface area contributed by atoms with E-state index < -0.39 is 0 Å². The molecule has 1 N–H and O–H groups in total. The molecule has 7 nitrogen and oxygen atoms in total. The fourth-order valence-corrected chi connectivity index (χ4v) is 3.17. The average molecular weight is 373 g/mol.